The van der Waals surface area contributed by atoms with Crippen LogP contribution in [0.1, 0.15) is 22.8 Å². The Kier molecular flexibility index (Phi) is 8.22. The lowest BCUT2D eigenvalue weighted by Crippen LogP contribution is -2.37. The number of rotatable bonds is 9. The van der Waals surface area contributed by atoms with Crippen molar-refractivity contribution in [2.75, 3.05) is 39.7 Å². The lowest BCUT2D eigenvalue weighted by molar-refractivity contribution is -0.136. The van der Waals surface area contributed by atoms with Crippen molar-refractivity contribution in [2.24, 2.45) is 0 Å². The van der Waals surface area contributed by atoms with Crippen molar-refractivity contribution in [3.05, 3.63) is 53.6 Å². The summed E-state index contributed by atoms with van der Waals surface area (Å²) in [4.78, 5) is 38.0. The van der Waals surface area contributed by atoms with Gasteiger partial charge in [0.15, 0.2) is 6.61 Å². The highest BCUT2D eigenvalue weighted by Gasteiger charge is 2.17. The van der Waals surface area contributed by atoms with Crippen LogP contribution in [0.5, 0.6) is 11.5 Å². The summed E-state index contributed by atoms with van der Waals surface area (Å²) in [6.07, 6.45) is 0.774. The van der Waals surface area contributed by atoms with Crippen LogP contribution in [-0.4, -0.2) is 57.1 Å². The molecule has 2 amide bonds. The Balaban J connectivity index is 1.89. The van der Waals surface area contributed by atoms with Gasteiger partial charge >= 0.3 is 5.97 Å². The highest BCUT2D eigenvalue weighted by Crippen LogP contribution is 2.23. The number of esters is 1. The molecule has 30 heavy (non-hydrogen) atoms. The predicted molar refractivity (Wildman–Crippen MR) is 112 cm³/mol. The van der Waals surface area contributed by atoms with E-state index in [4.69, 9.17) is 14.2 Å². The summed E-state index contributed by atoms with van der Waals surface area (Å²) in [5.74, 6) is -0.689. The Labute approximate surface area is 175 Å². The number of likely N-dealkylation sites (N-methyl/N-ethyl adjacent to an activating group) is 1. The van der Waals surface area contributed by atoms with Gasteiger partial charge in [-0.2, -0.15) is 0 Å². The first kappa shape index (κ1) is 22.7. The molecule has 0 bridgehead atoms. The van der Waals surface area contributed by atoms with Gasteiger partial charge in [0.25, 0.3) is 5.91 Å². The molecule has 2 aromatic rings. The average molecular weight is 414 g/mol. The summed E-state index contributed by atoms with van der Waals surface area (Å²) in [7, 11) is 4.40. The van der Waals surface area contributed by atoms with E-state index in [0.29, 0.717) is 17.2 Å². The highest BCUT2D eigenvalue weighted by atomic mass is 16.5. The van der Waals surface area contributed by atoms with Crippen molar-refractivity contribution < 1.29 is 28.6 Å². The minimum Gasteiger partial charge on any atom is -0.497 e. The van der Waals surface area contributed by atoms with Crippen molar-refractivity contribution in [1.29, 1.82) is 0 Å². The van der Waals surface area contributed by atoms with Gasteiger partial charge in [0.2, 0.25) is 5.91 Å². The van der Waals surface area contributed by atoms with Crippen LogP contribution in [0.3, 0.4) is 0 Å². The first-order valence-electron chi connectivity index (χ1n) is 9.39. The second-order valence-corrected chi connectivity index (χ2v) is 6.49. The molecule has 0 aromatic heterocycles. The summed E-state index contributed by atoms with van der Waals surface area (Å²) >= 11 is 0. The topological polar surface area (TPSA) is 94.2 Å². The Bertz CT molecular complexity index is 890. The fourth-order valence-electron chi connectivity index (χ4n) is 2.69. The quantitative estimate of drug-likeness (QED) is 0.634. The molecule has 2 aromatic carbocycles. The van der Waals surface area contributed by atoms with Gasteiger partial charge in [0.1, 0.15) is 11.5 Å². The molecule has 0 unspecified atom stereocenters. The van der Waals surface area contributed by atoms with E-state index in [1.165, 1.54) is 38.3 Å². The molecule has 0 atom stereocenters. The number of carbonyl (C=O) groups is 3. The monoisotopic (exact) mass is 414 g/mol. The van der Waals surface area contributed by atoms with Crippen LogP contribution in [0.4, 0.5) is 5.69 Å². The van der Waals surface area contributed by atoms with Crippen LogP contribution >= 0.6 is 0 Å². The molecule has 0 aliphatic heterocycles. The van der Waals surface area contributed by atoms with Crippen LogP contribution in [0.2, 0.25) is 0 Å². The number of ether oxygens (including phenoxy) is 3. The Morgan fingerprint density at radius 2 is 1.63 bits per heavy atom. The number of methoxy groups -OCH3 is 2. The molecule has 160 valence electrons. The standard InChI is InChI=1S/C22H26N2O6/c1-5-15-8-6-7-9-19(15)23-20(25)13-24(2)21(26)14-30-22(27)16-10-17(28-3)12-18(11-16)29-4/h6-12H,5,13-14H2,1-4H3,(H,23,25). The molecule has 1 N–H and O–H groups in total. The SMILES string of the molecule is CCc1ccccc1NC(=O)CN(C)C(=O)COC(=O)c1cc(OC)cc(OC)c1. The van der Waals surface area contributed by atoms with Crippen molar-refractivity contribution >= 4 is 23.5 Å². The Hall–Kier alpha value is -3.55. The summed E-state index contributed by atoms with van der Waals surface area (Å²) in [5, 5.41) is 2.79. The summed E-state index contributed by atoms with van der Waals surface area (Å²) in [6, 6.07) is 12.0. The number of hydrogen-bond donors (Lipinski definition) is 1. The van der Waals surface area contributed by atoms with E-state index in [1.54, 1.807) is 6.07 Å². The van der Waals surface area contributed by atoms with E-state index in [0.717, 1.165) is 12.0 Å². The molecule has 0 radical (unpaired) electrons. The van der Waals surface area contributed by atoms with E-state index < -0.39 is 18.5 Å². The van der Waals surface area contributed by atoms with E-state index >= 15 is 0 Å². The second-order valence-electron chi connectivity index (χ2n) is 6.49. The predicted octanol–water partition coefficient (Wildman–Crippen LogP) is 2.52. The third-order valence-electron chi connectivity index (χ3n) is 4.39. The van der Waals surface area contributed by atoms with Gasteiger partial charge in [-0.05, 0) is 30.2 Å². The molecule has 0 aliphatic rings. The maximum Gasteiger partial charge on any atom is 0.338 e. The molecule has 0 heterocycles. The van der Waals surface area contributed by atoms with Gasteiger partial charge in [-0.15, -0.1) is 0 Å². The number of nitrogens with one attached hydrogen (secondary N) is 1. The molecule has 2 rings (SSSR count). The fraction of sp³-hybridized carbons (Fsp3) is 0.318. The van der Waals surface area contributed by atoms with E-state index in [1.807, 2.05) is 31.2 Å². The normalized spacial score (nSPS) is 10.1. The lowest BCUT2D eigenvalue weighted by Gasteiger charge is -2.17. The second kappa shape index (κ2) is 10.8. The number of benzene rings is 2. The molecule has 8 nitrogen and oxygen atoms in total. The molecule has 0 spiro atoms. The maximum atomic E-state index is 12.3. The van der Waals surface area contributed by atoms with Crippen LogP contribution < -0.4 is 14.8 Å². The fourth-order valence-corrected chi connectivity index (χ4v) is 2.69. The first-order valence-corrected chi connectivity index (χ1v) is 9.39. The van der Waals surface area contributed by atoms with Gasteiger partial charge in [-0.25, -0.2) is 4.79 Å². The van der Waals surface area contributed by atoms with Crippen LogP contribution in [0, 0.1) is 0 Å². The zero-order valence-electron chi connectivity index (χ0n) is 17.6. The zero-order chi connectivity index (χ0) is 22.1. The number of para-hydroxylation sites is 1. The van der Waals surface area contributed by atoms with E-state index in [9.17, 15) is 14.4 Å². The summed E-state index contributed by atoms with van der Waals surface area (Å²) in [6.45, 7) is 1.34. The molecule has 0 saturated heterocycles. The average Bonchev–Trinajstić information content (AvgIpc) is 2.76. The molecule has 0 saturated carbocycles. The van der Waals surface area contributed by atoms with Gasteiger partial charge in [0.05, 0.1) is 26.3 Å². The minimum atomic E-state index is -0.699. The van der Waals surface area contributed by atoms with Gasteiger partial charge < -0.3 is 24.4 Å². The first-order chi connectivity index (χ1) is 14.4. The lowest BCUT2D eigenvalue weighted by atomic mass is 10.1. The van der Waals surface area contributed by atoms with Gasteiger partial charge in [-0.1, -0.05) is 25.1 Å². The Morgan fingerprint density at radius 1 is 1.00 bits per heavy atom. The molecule has 0 fully saturated rings. The van der Waals surface area contributed by atoms with E-state index in [2.05, 4.69) is 5.32 Å². The summed E-state index contributed by atoms with van der Waals surface area (Å²) < 4.78 is 15.3. The number of amides is 2. The molecule has 0 aliphatic carbocycles. The molecular weight excluding hydrogens is 388 g/mol. The smallest absolute Gasteiger partial charge is 0.338 e. The highest BCUT2D eigenvalue weighted by molar-refractivity contribution is 5.96. The maximum absolute atomic E-state index is 12.3. The third kappa shape index (κ3) is 6.23. The van der Waals surface area contributed by atoms with Crippen LogP contribution in [-0.2, 0) is 20.7 Å². The van der Waals surface area contributed by atoms with Crippen LogP contribution in [0.15, 0.2) is 42.5 Å². The Morgan fingerprint density at radius 3 is 2.23 bits per heavy atom. The molecular formula is C22H26N2O6. The van der Waals surface area contributed by atoms with E-state index in [-0.39, 0.29) is 18.0 Å². The van der Waals surface area contributed by atoms with Crippen molar-refractivity contribution in [3.8, 4) is 11.5 Å². The third-order valence-corrected chi connectivity index (χ3v) is 4.39. The number of nitrogens with zero attached hydrogens (tertiary/aromatic N) is 1. The van der Waals surface area contributed by atoms with Gasteiger partial charge in [0, 0.05) is 18.8 Å². The van der Waals surface area contributed by atoms with Crippen molar-refractivity contribution in [3.63, 3.8) is 0 Å². The van der Waals surface area contributed by atoms with Crippen molar-refractivity contribution in [1.82, 2.24) is 4.90 Å². The minimum absolute atomic E-state index is 0.165. The largest absolute Gasteiger partial charge is 0.497 e. The number of hydrogen-bond acceptors (Lipinski definition) is 6. The number of anilines is 1. The number of carbonyl (C=O) groups excluding carboxylic acids is 3. The number of aryl methyl sites for hydroxylation is 1. The van der Waals surface area contributed by atoms with Crippen LogP contribution in [0.25, 0.3) is 0 Å². The van der Waals surface area contributed by atoms with Gasteiger partial charge in [-0.3, -0.25) is 9.59 Å². The zero-order valence-corrected chi connectivity index (χ0v) is 17.6. The summed E-state index contributed by atoms with van der Waals surface area (Å²) in [5.41, 5.74) is 1.90. The molecule has 8 heteroatoms. The van der Waals surface area contributed by atoms with Crippen molar-refractivity contribution in [2.45, 2.75) is 13.3 Å².